The van der Waals surface area contributed by atoms with Gasteiger partial charge in [0.15, 0.2) is 4.34 Å². The van der Waals surface area contributed by atoms with Gasteiger partial charge in [0.1, 0.15) is 6.29 Å². The van der Waals surface area contributed by atoms with Gasteiger partial charge in [-0.25, -0.2) is 4.98 Å². The molecule has 4 heteroatoms. The van der Waals surface area contributed by atoms with E-state index in [4.69, 9.17) is 0 Å². The van der Waals surface area contributed by atoms with E-state index in [1.165, 1.54) is 16.5 Å². The number of thioether (sulfide) groups is 1. The van der Waals surface area contributed by atoms with Crippen molar-refractivity contribution in [2.24, 2.45) is 0 Å². The van der Waals surface area contributed by atoms with Crippen LogP contribution in [0, 0.1) is 0 Å². The maximum atomic E-state index is 10.5. The zero-order valence-electron chi connectivity index (χ0n) is 7.64. The first-order valence-electron chi connectivity index (χ1n) is 4.27. The van der Waals surface area contributed by atoms with Gasteiger partial charge in [-0.05, 0) is 19.1 Å². The molecule has 2 aromatic rings. The van der Waals surface area contributed by atoms with Gasteiger partial charge in [-0.2, -0.15) is 0 Å². The predicted molar refractivity (Wildman–Crippen MR) is 61.0 cm³/mol. The molecule has 0 aliphatic heterocycles. The number of benzene rings is 1. The van der Waals surface area contributed by atoms with E-state index in [2.05, 4.69) is 4.98 Å². The van der Waals surface area contributed by atoms with Gasteiger partial charge in [0.25, 0.3) is 0 Å². The Hall–Kier alpha value is -0.870. The van der Waals surface area contributed by atoms with E-state index in [-0.39, 0.29) is 5.25 Å². The summed E-state index contributed by atoms with van der Waals surface area (Å²) in [6.07, 6.45) is 0.941. The van der Waals surface area contributed by atoms with Crippen molar-refractivity contribution < 1.29 is 4.79 Å². The number of thiazole rings is 1. The summed E-state index contributed by atoms with van der Waals surface area (Å²) in [6.45, 7) is 1.88. The first-order valence-corrected chi connectivity index (χ1v) is 5.97. The zero-order valence-corrected chi connectivity index (χ0v) is 9.27. The van der Waals surface area contributed by atoms with Crippen molar-refractivity contribution >= 4 is 39.6 Å². The molecule has 1 aromatic heterocycles. The summed E-state index contributed by atoms with van der Waals surface area (Å²) in [5.41, 5.74) is 1.01. The normalized spacial score (nSPS) is 12.9. The topological polar surface area (TPSA) is 30.0 Å². The second-order valence-electron chi connectivity index (χ2n) is 2.91. The first kappa shape index (κ1) is 9.68. The highest BCUT2D eigenvalue weighted by Gasteiger charge is 2.07. The number of nitrogens with zero attached hydrogens (tertiary/aromatic N) is 1. The Morgan fingerprint density at radius 3 is 3.00 bits per heavy atom. The fraction of sp³-hybridized carbons (Fsp3) is 0.200. The van der Waals surface area contributed by atoms with Crippen LogP contribution in [0.4, 0.5) is 0 Å². The van der Waals surface area contributed by atoms with Crippen molar-refractivity contribution in [3.05, 3.63) is 24.3 Å². The fourth-order valence-corrected chi connectivity index (χ4v) is 3.23. The molecule has 0 aliphatic carbocycles. The lowest BCUT2D eigenvalue weighted by molar-refractivity contribution is -0.107. The third-order valence-electron chi connectivity index (χ3n) is 1.75. The molecule has 0 spiro atoms. The monoisotopic (exact) mass is 223 g/mol. The lowest BCUT2D eigenvalue weighted by atomic mass is 10.3. The third-order valence-corrected chi connectivity index (χ3v) is 3.90. The second kappa shape index (κ2) is 4.11. The van der Waals surface area contributed by atoms with Crippen molar-refractivity contribution in [1.82, 2.24) is 4.98 Å². The van der Waals surface area contributed by atoms with Gasteiger partial charge >= 0.3 is 0 Å². The molecular formula is C10H9NOS2. The predicted octanol–water partition coefficient (Wildman–Crippen LogP) is 2.98. The summed E-state index contributed by atoms with van der Waals surface area (Å²) in [6, 6.07) is 8.00. The molecule has 0 N–H and O–H groups in total. The number of para-hydroxylation sites is 1. The summed E-state index contributed by atoms with van der Waals surface area (Å²) >= 11 is 3.14. The largest absolute Gasteiger partial charge is 0.302 e. The maximum Gasteiger partial charge on any atom is 0.151 e. The van der Waals surface area contributed by atoms with Gasteiger partial charge in [-0.1, -0.05) is 23.9 Å². The third kappa shape index (κ3) is 1.96. The van der Waals surface area contributed by atoms with Crippen LogP contribution in [0.15, 0.2) is 28.6 Å². The van der Waals surface area contributed by atoms with Crippen LogP contribution in [0.2, 0.25) is 0 Å². The van der Waals surface area contributed by atoms with E-state index in [1.807, 2.05) is 31.2 Å². The molecule has 0 fully saturated rings. The van der Waals surface area contributed by atoms with E-state index in [0.29, 0.717) is 0 Å². The highest BCUT2D eigenvalue weighted by Crippen LogP contribution is 2.30. The van der Waals surface area contributed by atoms with Gasteiger partial charge in [0.2, 0.25) is 0 Å². The van der Waals surface area contributed by atoms with Crippen LogP contribution in [0.5, 0.6) is 0 Å². The summed E-state index contributed by atoms with van der Waals surface area (Å²) < 4.78 is 2.14. The average Bonchev–Trinajstić information content (AvgIpc) is 2.59. The smallest absolute Gasteiger partial charge is 0.151 e. The Bertz CT molecular complexity index is 419. The Kier molecular flexibility index (Phi) is 2.84. The molecule has 14 heavy (non-hydrogen) atoms. The highest BCUT2D eigenvalue weighted by molar-refractivity contribution is 8.02. The minimum Gasteiger partial charge on any atom is -0.302 e. The number of aromatic nitrogens is 1. The van der Waals surface area contributed by atoms with Crippen LogP contribution < -0.4 is 0 Å². The lowest BCUT2D eigenvalue weighted by Crippen LogP contribution is -1.94. The Labute approximate surface area is 90.4 Å². The van der Waals surface area contributed by atoms with Crippen molar-refractivity contribution in [3.63, 3.8) is 0 Å². The van der Waals surface area contributed by atoms with Crippen molar-refractivity contribution in [2.75, 3.05) is 0 Å². The molecule has 0 amide bonds. The lowest BCUT2D eigenvalue weighted by Gasteiger charge is -1.96. The van der Waals surface area contributed by atoms with Crippen molar-refractivity contribution in [3.8, 4) is 0 Å². The summed E-state index contributed by atoms with van der Waals surface area (Å²) in [5, 5.41) is -0.0180. The van der Waals surface area contributed by atoms with Gasteiger partial charge in [0.05, 0.1) is 15.5 Å². The number of rotatable bonds is 3. The Balaban J connectivity index is 2.31. The molecule has 2 nitrogen and oxygen atoms in total. The van der Waals surface area contributed by atoms with Crippen LogP contribution >= 0.6 is 23.1 Å². The molecule has 1 unspecified atom stereocenters. The maximum absolute atomic E-state index is 10.5. The number of carbonyl (C=O) groups excluding carboxylic acids is 1. The second-order valence-corrected chi connectivity index (χ2v) is 5.56. The van der Waals surface area contributed by atoms with Crippen molar-refractivity contribution in [2.45, 2.75) is 16.5 Å². The van der Waals surface area contributed by atoms with E-state index < -0.39 is 0 Å². The number of hydrogen-bond donors (Lipinski definition) is 0. The molecule has 0 radical (unpaired) electrons. The summed E-state index contributed by atoms with van der Waals surface area (Å²) in [4.78, 5) is 14.9. The van der Waals surface area contributed by atoms with E-state index in [1.54, 1.807) is 11.3 Å². The zero-order chi connectivity index (χ0) is 9.97. The average molecular weight is 223 g/mol. The molecule has 0 aliphatic rings. The minimum atomic E-state index is -0.0180. The number of carbonyl (C=O) groups is 1. The number of hydrogen-bond acceptors (Lipinski definition) is 4. The van der Waals surface area contributed by atoms with E-state index >= 15 is 0 Å². The van der Waals surface area contributed by atoms with E-state index in [9.17, 15) is 4.79 Å². The molecule has 0 bridgehead atoms. The van der Waals surface area contributed by atoms with Crippen LogP contribution in [0.25, 0.3) is 10.2 Å². The van der Waals surface area contributed by atoms with Crippen LogP contribution in [-0.2, 0) is 4.79 Å². The van der Waals surface area contributed by atoms with Gasteiger partial charge < -0.3 is 4.79 Å². The van der Waals surface area contributed by atoms with E-state index in [0.717, 1.165) is 16.1 Å². The summed E-state index contributed by atoms with van der Waals surface area (Å²) in [5.74, 6) is 0. The molecule has 0 saturated heterocycles. The van der Waals surface area contributed by atoms with Crippen LogP contribution in [-0.4, -0.2) is 16.5 Å². The fourth-order valence-electron chi connectivity index (χ4n) is 1.09. The molecule has 0 saturated carbocycles. The Morgan fingerprint density at radius 2 is 2.29 bits per heavy atom. The highest BCUT2D eigenvalue weighted by atomic mass is 32.2. The van der Waals surface area contributed by atoms with Gasteiger partial charge in [-0.15, -0.1) is 11.3 Å². The quantitative estimate of drug-likeness (QED) is 0.592. The Morgan fingerprint density at radius 1 is 1.50 bits per heavy atom. The standard InChI is InChI=1S/C10H9NOS2/c1-7(6-12)13-10-11-8-4-2-3-5-9(8)14-10/h2-7H,1H3. The van der Waals surface area contributed by atoms with Crippen molar-refractivity contribution in [1.29, 1.82) is 0 Å². The molecule has 72 valence electrons. The molecule has 1 heterocycles. The number of fused-ring (bicyclic) bond motifs is 1. The van der Waals surface area contributed by atoms with Gasteiger partial charge in [-0.3, -0.25) is 0 Å². The number of aldehydes is 1. The molecule has 1 aromatic carbocycles. The molecular weight excluding hydrogens is 214 g/mol. The SMILES string of the molecule is CC(C=O)Sc1nc2ccccc2s1. The molecule has 2 rings (SSSR count). The van der Waals surface area contributed by atoms with Gasteiger partial charge in [0, 0.05) is 0 Å². The minimum absolute atomic E-state index is 0.0180. The first-order chi connectivity index (χ1) is 6.79. The van der Waals surface area contributed by atoms with Crippen LogP contribution in [0.3, 0.4) is 0 Å². The summed E-state index contributed by atoms with van der Waals surface area (Å²) in [7, 11) is 0. The molecule has 1 atom stereocenters. The van der Waals surface area contributed by atoms with Crippen LogP contribution in [0.1, 0.15) is 6.92 Å².